The molecule has 3 rings (SSSR count). The van der Waals surface area contributed by atoms with Crippen LogP contribution >= 0.6 is 0 Å². The molecule has 0 amide bonds. The summed E-state index contributed by atoms with van der Waals surface area (Å²) in [5, 5.41) is 13.7. The summed E-state index contributed by atoms with van der Waals surface area (Å²) in [6, 6.07) is 19.5. The molecule has 0 atom stereocenters. The van der Waals surface area contributed by atoms with Crippen LogP contribution < -0.4 is 5.73 Å². The van der Waals surface area contributed by atoms with Crippen LogP contribution in [-0.2, 0) is 6.54 Å². The Morgan fingerprint density at radius 1 is 0.957 bits per heavy atom. The van der Waals surface area contributed by atoms with E-state index >= 15 is 0 Å². The molecule has 0 fully saturated rings. The van der Waals surface area contributed by atoms with Crippen LogP contribution in [0.5, 0.6) is 0 Å². The lowest BCUT2D eigenvalue weighted by Gasteiger charge is -1.99. The molecule has 4 nitrogen and oxygen atoms in total. The largest absolute Gasteiger partial charge is 0.394 e. The van der Waals surface area contributed by atoms with E-state index in [4.69, 9.17) is 5.73 Å². The molecular formula is C19H17N3O. The molecule has 2 aromatic carbocycles. The number of rotatable bonds is 3. The van der Waals surface area contributed by atoms with Crippen molar-refractivity contribution in [1.29, 1.82) is 0 Å². The summed E-state index contributed by atoms with van der Waals surface area (Å²) >= 11 is 0. The summed E-state index contributed by atoms with van der Waals surface area (Å²) in [6.07, 6.45) is 0. The first-order valence-electron chi connectivity index (χ1n) is 7.39. The molecule has 0 aliphatic carbocycles. The fraction of sp³-hybridized carbons (Fsp3) is 0.105. The molecule has 3 N–H and O–H groups in total. The monoisotopic (exact) mass is 303 g/mol. The maximum Gasteiger partial charge on any atom is 0.138 e. The number of benzene rings is 2. The zero-order valence-corrected chi connectivity index (χ0v) is 12.6. The van der Waals surface area contributed by atoms with Gasteiger partial charge in [0.2, 0.25) is 0 Å². The van der Waals surface area contributed by atoms with Gasteiger partial charge in [0.15, 0.2) is 0 Å². The number of aromatic nitrogens is 2. The fourth-order valence-electron chi connectivity index (χ4n) is 2.32. The number of nitrogen functional groups attached to an aromatic ring is 1. The van der Waals surface area contributed by atoms with Crippen LogP contribution in [0.15, 0.2) is 60.7 Å². The summed E-state index contributed by atoms with van der Waals surface area (Å²) in [7, 11) is 0. The highest BCUT2D eigenvalue weighted by Gasteiger charge is 2.15. The van der Waals surface area contributed by atoms with Gasteiger partial charge in [0.05, 0.1) is 18.7 Å². The average Bonchev–Trinajstić information content (AvgIpc) is 2.91. The van der Waals surface area contributed by atoms with Gasteiger partial charge >= 0.3 is 0 Å². The average molecular weight is 303 g/mol. The van der Waals surface area contributed by atoms with Crippen molar-refractivity contribution in [2.24, 2.45) is 0 Å². The zero-order chi connectivity index (χ0) is 16.1. The molecule has 0 saturated heterocycles. The van der Waals surface area contributed by atoms with Gasteiger partial charge in [-0.1, -0.05) is 60.4 Å². The molecule has 1 aromatic heterocycles. The maximum absolute atomic E-state index is 9.17. The lowest BCUT2D eigenvalue weighted by atomic mass is 10.1. The second-order valence-corrected chi connectivity index (χ2v) is 5.04. The summed E-state index contributed by atoms with van der Waals surface area (Å²) in [5.41, 5.74) is 9.47. The highest BCUT2D eigenvalue weighted by molar-refractivity contribution is 5.74. The normalized spacial score (nSPS) is 10.1. The van der Waals surface area contributed by atoms with Crippen molar-refractivity contribution >= 4 is 5.82 Å². The minimum Gasteiger partial charge on any atom is -0.394 e. The Morgan fingerprint density at radius 3 is 2.26 bits per heavy atom. The molecule has 3 aromatic rings. The lowest BCUT2D eigenvalue weighted by molar-refractivity contribution is 0.270. The topological polar surface area (TPSA) is 64.1 Å². The van der Waals surface area contributed by atoms with Gasteiger partial charge in [-0.3, -0.25) is 0 Å². The number of nitrogens with two attached hydrogens (primary N) is 1. The number of aliphatic hydroxyl groups is 1. The summed E-state index contributed by atoms with van der Waals surface area (Å²) in [6.45, 7) is 0.324. The van der Waals surface area contributed by atoms with Gasteiger partial charge in [-0.05, 0) is 12.1 Å². The van der Waals surface area contributed by atoms with Gasteiger partial charge < -0.3 is 10.8 Å². The Labute approximate surface area is 135 Å². The van der Waals surface area contributed by atoms with Gasteiger partial charge in [-0.25, -0.2) is 4.68 Å². The number of nitrogens with zero attached hydrogens (tertiary/aromatic N) is 2. The minimum atomic E-state index is -0.0222. The second kappa shape index (κ2) is 6.82. The molecule has 114 valence electrons. The van der Waals surface area contributed by atoms with E-state index in [1.807, 2.05) is 60.7 Å². The van der Waals surface area contributed by atoms with Gasteiger partial charge in [-0.2, -0.15) is 5.10 Å². The molecule has 0 radical (unpaired) electrons. The van der Waals surface area contributed by atoms with E-state index in [1.165, 1.54) is 0 Å². The summed E-state index contributed by atoms with van der Waals surface area (Å²) < 4.78 is 1.59. The number of hydrogen-bond acceptors (Lipinski definition) is 3. The summed E-state index contributed by atoms with van der Waals surface area (Å²) in [5.74, 6) is 6.73. The predicted molar refractivity (Wildman–Crippen MR) is 91.6 cm³/mol. The molecule has 0 spiro atoms. The van der Waals surface area contributed by atoms with Gasteiger partial charge in [0.25, 0.3) is 0 Å². The van der Waals surface area contributed by atoms with Crippen molar-refractivity contribution in [2.45, 2.75) is 6.54 Å². The van der Waals surface area contributed by atoms with Crippen LogP contribution in [0.3, 0.4) is 0 Å². The molecule has 0 aliphatic heterocycles. The fourth-order valence-corrected chi connectivity index (χ4v) is 2.32. The SMILES string of the molecule is Nc1c(C#Cc2ccccc2)c(-c2ccccc2)nn1CCO. The molecule has 23 heavy (non-hydrogen) atoms. The Balaban J connectivity index is 2.09. The second-order valence-electron chi connectivity index (χ2n) is 5.04. The molecule has 0 saturated carbocycles. The predicted octanol–water partition coefficient (Wildman–Crippen LogP) is 2.52. The molecule has 4 heteroatoms. The number of anilines is 1. The number of hydrogen-bond donors (Lipinski definition) is 2. The molecule has 0 unspecified atom stereocenters. The van der Waals surface area contributed by atoms with E-state index in [0.717, 1.165) is 16.8 Å². The first-order chi connectivity index (χ1) is 11.3. The minimum absolute atomic E-state index is 0.0222. The van der Waals surface area contributed by atoms with Crippen LogP contribution in [0.2, 0.25) is 0 Å². The Hall–Kier alpha value is -3.03. The quantitative estimate of drug-likeness (QED) is 0.731. The van der Waals surface area contributed by atoms with Crippen LogP contribution in [0.1, 0.15) is 11.1 Å². The first kappa shape index (κ1) is 14.9. The summed E-state index contributed by atoms with van der Waals surface area (Å²) in [4.78, 5) is 0. The van der Waals surface area contributed by atoms with E-state index in [1.54, 1.807) is 4.68 Å². The van der Waals surface area contributed by atoms with Crippen molar-refractivity contribution < 1.29 is 5.11 Å². The Bertz CT molecular complexity index is 843. The number of aliphatic hydroxyl groups excluding tert-OH is 1. The van der Waals surface area contributed by atoms with E-state index < -0.39 is 0 Å². The third kappa shape index (κ3) is 3.25. The van der Waals surface area contributed by atoms with Crippen molar-refractivity contribution in [3.63, 3.8) is 0 Å². The maximum atomic E-state index is 9.17. The highest BCUT2D eigenvalue weighted by atomic mass is 16.3. The zero-order valence-electron chi connectivity index (χ0n) is 12.6. The Kier molecular flexibility index (Phi) is 4.41. The first-order valence-corrected chi connectivity index (χ1v) is 7.39. The van der Waals surface area contributed by atoms with Crippen molar-refractivity contribution in [1.82, 2.24) is 9.78 Å². The van der Waals surface area contributed by atoms with Gasteiger partial charge in [0, 0.05) is 11.1 Å². The van der Waals surface area contributed by atoms with E-state index in [-0.39, 0.29) is 6.61 Å². The molecule has 1 heterocycles. The van der Waals surface area contributed by atoms with Crippen LogP contribution in [-0.4, -0.2) is 21.5 Å². The van der Waals surface area contributed by atoms with Crippen molar-refractivity contribution in [2.75, 3.05) is 12.3 Å². The van der Waals surface area contributed by atoms with Crippen LogP contribution in [0, 0.1) is 11.8 Å². The Morgan fingerprint density at radius 2 is 1.61 bits per heavy atom. The highest BCUT2D eigenvalue weighted by Crippen LogP contribution is 2.26. The smallest absolute Gasteiger partial charge is 0.138 e. The van der Waals surface area contributed by atoms with E-state index in [0.29, 0.717) is 17.9 Å². The van der Waals surface area contributed by atoms with Gasteiger partial charge in [-0.15, -0.1) is 0 Å². The molecule has 0 aliphatic rings. The van der Waals surface area contributed by atoms with Crippen LogP contribution in [0.4, 0.5) is 5.82 Å². The van der Waals surface area contributed by atoms with Gasteiger partial charge in [0.1, 0.15) is 11.5 Å². The molecular weight excluding hydrogens is 286 g/mol. The van der Waals surface area contributed by atoms with E-state index in [9.17, 15) is 5.11 Å². The third-order valence-electron chi connectivity index (χ3n) is 3.46. The lowest BCUT2D eigenvalue weighted by Crippen LogP contribution is -2.07. The van der Waals surface area contributed by atoms with E-state index in [2.05, 4.69) is 16.9 Å². The van der Waals surface area contributed by atoms with Crippen molar-refractivity contribution in [3.8, 4) is 23.1 Å². The van der Waals surface area contributed by atoms with Crippen LogP contribution in [0.25, 0.3) is 11.3 Å². The molecule has 0 bridgehead atoms. The third-order valence-corrected chi connectivity index (χ3v) is 3.46. The van der Waals surface area contributed by atoms with Crippen molar-refractivity contribution in [3.05, 3.63) is 71.8 Å². The standard InChI is InChI=1S/C19H17N3O/c20-19-17(12-11-15-7-3-1-4-8-15)18(21-22(19)13-14-23)16-9-5-2-6-10-16/h1-10,23H,13-14,20H2.